The fourth-order valence-electron chi connectivity index (χ4n) is 1.82. The molecule has 0 unspecified atom stereocenters. The number of carbonyl (C=O) groups is 1. The molecule has 0 aliphatic carbocycles. The van der Waals surface area contributed by atoms with E-state index in [1.54, 1.807) is 0 Å². The zero-order chi connectivity index (χ0) is 13.2. The summed E-state index contributed by atoms with van der Waals surface area (Å²) >= 11 is 0. The molecule has 7 nitrogen and oxygen atoms in total. The van der Waals surface area contributed by atoms with Gasteiger partial charge in [0.1, 0.15) is 6.09 Å². The Morgan fingerprint density at radius 3 is 2.67 bits per heavy atom. The molecule has 106 valence electrons. The molecular formula is C11H22N3O4-. The Morgan fingerprint density at radius 1 is 1.33 bits per heavy atom. The molecular weight excluding hydrogens is 238 g/mol. The molecule has 1 fully saturated rings. The largest absolute Gasteiger partial charge is 0.530 e. The van der Waals surface area contributed by atoms with Crippen molar-refractivity contribution in [2.75, 3.05) is 65.6 Å². The van der Waals surface area contributed by atoms with Crippen LogP contribution in [0.4, 0.5) is 4.79 Å². The van der Waals surface area contributed by atoms with Crippen molar-refractivity contribution >= 4 is 6.09 Å². The van der Waals surface area contributed by atoms with Crippen LogP contribution in [0, 0.1) is 0 Å². The molecule has 1 saturated heterocycles. The first-order valence-electron chi connectivity index (χ1n) is 6.31. The molecule has 1 rings (SSSR count). The van der Waals surface area contributed by atoms with E-state index < -0.39 is 6.09 Å². The summed E-state index contributed by atoms with van der Waals surface area (Å²) < 4.78 is 5.39. The number of piperazine rings is 1. The van der Waals surface area contributed by atoms with Crippen LogP contribution in [0.5, 0.6) is 0 Å². The second-order valence-electron chi connectivity index (χ2n) is 4.18. The topological polar surface area (TPSA) is 88.1 Å². The number of nitrogens with one attached hydrogen (secondary N) is 1. The Labute approximate surface area is 107 Å². The minimum Gasteiger partial charge on any atom is -0.530 e. The van der Waals surface area contributed by atoms with Crippen molar-refractivity contribution in [1.82, 2.24) is 15.1 Å². The third-order valence-corrected chi connectivity index (χ3v) is 2.90. The smallest absolute Gasteiger partial charge is 0.137 e. The number of amides is 1. The second kappa shape index (κ2) is 9.09. The van der Waals surface area contributed by atoms with Crippen LogP contribution in [0.15, 0.2) is 0 Å². The Hall–Kier alpha value is -0.890. The van der Waals surface area contributed by atoms with Gasteiger partial charge in [-0.15, -0.1) is 0 Å². The van der Waals surface area contributed by atoms with Crippen LogP contribution in [0.1, 0.15) is 0 Å². The van der Waals surface area contributed by atoms with E-state index >= 15 is 0 Å². The molecule has 18 heavy (non-hydrogen) atoms. The number of aliphatic hydroxyl groups is 1. The molecule has 1 aliphatic heterocycles. The van der Waals surface area contributed by atoms with Gasteiger partial charge in [-0.3, -0.25) is 4.90 Å². The van der Waals surface area contributed by atoms with Crippen LogP contribution in [-0.2, 0) is 4.74 Å². The first-order chi connectivity index (χ1) is 8.74. The van der Waals surface area contributed by atoms with Crippen LogP contribution < -0.4 is 10.4 Å². The Kier molecular flexibility index (Phi) is 7.66. The number of ether oxygens (including phenoxy) is 1. The van der Waals surface area contributed by atoms with E-state index in [2.05, 4.69) is 10.2 Å². The fraction of sp³-hybridized carbons (Fsp3) is 0.909. The van der Waals surface area contributed by atoms with Crippen molar-refractivity contribution in [3.8, 4) is 0 Å². The second-order valence-corrected chi connectivity index (χ2v) is 4.18. The van der Waals surface area contributed by atoms with Crippen LogP contribution in [0.25, 0.3) is 0 Å². The minimum atomic E-state index is -1.27. The van der Waals surface area contributed by atoms with Gasteiger partial charge in [0.25, 0.3) is 0 Å². The van der Waals surface area contributed by atoms with Gasteiger partial charge in [-0.25, -0.2) is 0 Å². The van der Waals surface area contributed by atoms with Gasteiger partial charge in [-0.2, -0.15) is 0 Å². The highest BCUT2D eigenvalue weighted by atomic mass is 16.5. The third-order valence-electron chi connectivity index (χ3n) is 2.90. The lowest BCUT2D eigenvalue weighted by Gasteiger charge is -2.27. The molecule has 0 radical (unpaired) electrons. The van der Waals surface area contributed by atoms with E-state index in [1.807, 2.05) is 0 Å². The normalized spacial score (nSPS) is 16.7. The summed E-state index contributed by atoms with van der Waals surface area (Å²) in [7, 11) is 0. The molecule has 0 saturated carbocycles. The van der Waals surface area contributed by atoms with Crippen LogP contribution in [0.2, 0.25) is 0 Å². The minimum absolute atomic E-state index is 0.0729. The summed E-state index contributed by atoms with van der Waals surface area (Å²) in [5.74, 6) is 0. The van der Waals surface area contributed by atoms with Crippen molar-refractivity contribution in [1.29, 1.82) is 0 Å². The molecule has 0 aromatic heterocycles. The third kappa shape index (κ3) is 6.15. The Balaban J connectivity index is 2.01. The summed E-state index contributed by atoms with van der Waals surface area (Å²) in [5.41, 5.74) is 0. The summed E-state index contributed by atoms with van der Waals surface area (Å²) in [6.45, 7) is 5.98. The molecule has 0 aromatic carbocycles. The molecule has 0 atom stereocenters. The maximum atomic E-state index is 10.6. The number of rotatable bonds is 8. The van der Waals surface area contributed by atoms with Gasteiger partial charge < -0.3 is 30.0 Å². The van der Waals surface area contributed by atoms with Gasteiger partial charge in [-0.1, -0.05) is 0 Å². The fourth-order valence-corrected chi connectivity index (χ4v) is 1.82. The van der Waals surface area contributed by atoms with Gasteiger partial charge >= 0.3 is 0 Å². The van der Waals surface area contributed by atoms with Crippen molar-refractivity contribution < 1.29 is 19.7 Å². The van der Waals surface area contributed by atoms with E-state index in [0.717, 1.165) is 37.6 Å². The molecule has 1 amide bonds. The van der Waals surface area contributed by atoms with Crippen LogP contribution >= 0.6 is 0 Å². The van der Waals surface area contributed by atoms with E-state index in [-0.39, 0.29) is 19.7 Å². The predicted molar refractivity (Wildman–Crippen MR) is 64.2 cm³/mol. The first kappa shape index (κ1) is 15.2. The molecule has 1 aliphatic rings. The molecule has 0 aromatic rings. The zero-order valence-electron chi connectivity index (χ0n) is 10.6. The monoisotopic (exact) mass is 260 g/mol. The van der Waals surface area contributed by atoms with E-state index in [9.17, 15) is 9.90 Å². The number of carboxylic acid groups (broad SMARTS) is 1. The summed E-state index contributed by atoms with van der Waals surface area (Å²) in [5, 5.41) is 22.6. The van der Waals surface area contributed by atoms with Crippen molar-refractivity contribution in [2.24, 2.45) is 0 Å². The number of aliphatic hydroxyl groups excluding tert-OH is 1. The van der Waals surface area contributed by atoms with Gasteiger partial charge in [0.2, 0.25) is 0 Å². The molecule has 7 heteroatoms. The van der Waals surface area contributed by atoms with Crippen LogP contribution in [-0.4, -0.2) is 86.6 Å². The Bertz CT molecular complexity index is 234. The zero-order valence-corrected chi connectivity index (χ0v) is 10.6. The van der Waals surface area contributed by atoms with Gasteiger partial charge in [0.15, 0.2) is 0 Å². The quantitative estimate of drug-likeness (QED) is 0.471. The van der Waals surface area contributed by atoms with E-state index in [0.29, 0.717) is 13.2 Å². The van der Waals surface area contributed by atoms with E-state index in [4.69, 9.17) is 9.84 Å². The standard InChI is InChI=1S/C11H23N3O4/c15-8-5-14(11(16)17)7-10-18-9-6-13-3-1-12-2-4-13/h12,15H,1-10H2,(H,16,17)/p-1. The number of nitrogens with zero attached hydrogens (tertiary/aromatic N) is 2. The molecule has 2 N–H and O–H groups in total. The number of hydrogen-bond donors (Lipinski definition) is 2. The average molecular weight is 260 g/mol. The highest BCUT2D eigenvalue weighted by Crippen LogP contribution is 1.92. The maximum absolute atomic E-state index is 10.6. The highest BCUT2D eigenvalue weighted by Gasteiger charge is 2.08. The van der Waals surface area contributed by atoms with E-state index in [1.165, 1.54) is 0 Å². The van der Waals surface area contributed by atoms with Crippen LogP contribution in [0.3, 0.4) is 0 Å². The van der Waals surface area contributed by atoms with Gasteiger partial charge in [0, 0.05) is 45.8 Å². The number of carbonyl (C=O) groups excluding carboxylic acids is 1. The lowest BCUT2D eigenvalue weighted by atomic mass is 10.4. The number of hydrogen-bond acceptors (Lipinski definition) is 6. The average Bonchev–Trinajstić information content (AvgIpc) is 2.38. The molecule has 0 bridgehead atoms. The summed E-state index contributed by atoms with van der Waals surface area (Å²) in [6.07, 6.45) is -1.27. The van der Waals surface area contributed by atoms with Crippen molar-refractivity contribution in [2.45, 2.75) is 0 Å². The predicted octanol–water partition coefficient (Wildman–Crippen LogP) is -2.45. The van der Waals surface area contributed by atoms with Crippen molar-refractivity contribution in [3.63, 3.8) is 0 Å². The molecule has 0 spiro atoms. The van der Waals surface area contributed by atoms with Gasteiger partial charge in [-0.05, 0) is 0 Å². The first-order valence-corrected chi connectivity index (χ1v) is 6.31. The SMILES string of the molecule is O=C([O-])N(CCO)CCOCCN1CCNCC1. The summed E-state index contributed by atoms with van der Waals surface area (Å²) in [4.78, 5) is 14.0. The van der Waals surface area contributed by atoms with Gasteiger partial charge in [0.05, 0.1) is 19.8 Å². The lowest BCUT2D eigenvalue weighted by Crippen LogP contribution is -2.45. The summed E-state index contributed by atoms with van der Waals surface area (Å²) in [6, 6.07) is 0. The molecule has 1 heterocycles. The highest BCUT2D eigenvalue weighted by molar-refractivity contribution is 5.62. The van der Waals surface area contributed by atoms with Crippen molar-refractivity contribution in [3.05, 3.63) is 0 Å². The lowest BCUT2D eigenvalue weighted by molar-refractivity contribution is -0.266. The maximum Gasteiger partial charge on any atom is 0.137 e. The Morgan fingerprint density at radius 2 is 2.06 bits per heavy atom.